The topological polar surface area (TPSA) is 96.0 Å². The van der Waals surface area contributed by atoms with Gasteiger partial charge in [0.05, 0.1) is 25.0 Å². The van der Waals surface area contributed by atoms with Crippen LogP contribution in [-0.2, 0) is 19.2 Å². The molecule has 2 aromatic rings. The summed E-state index contributed by atoms with van der Waals surface area (Å²) < 4.78 is 5.39. The van der Waals surface area contributed by atoms with E-state index in [0.717, 1.165) is 35.5 Å². The van der Waals surface area contributed by atoms with Crippen molar-refractivity contribution in [2.75, 3.05) is 23.1 Å². The summed E-state index contributed by atoms with van der Waals surface area (Å²) in [6.07, 6.45) is 3.62. The number of methoxy groups -OCH3 is 1. The van der Waals surface area contributed by atoms with Gasteiger partial charge in [0, 0.05) is 23.5 Å². The third-order valence-electron chi connectivity index (χ3n) is 6.33. The van der Waals surface area contributed by atoms with Crippen molar-refractivity contribution in [2.45, 2.75) is 56.0 Å². The summed E-state index contributed by atoms with van der Waals surface area (Å²) in [6.45, 7) is 1.41. The van der Waals surface area contributed by atoms with E-state index >= 15 is 0 Å². The molecule has 0 spiro atoms. The number of nitrogens with one attached hydrogen (secondary N) is 1. The van der Waals surface area contributed by atoms with E-state index in [1.165, 1.54) is 18.7 Å². The monoisotopic (exact) mass is 495 g/mol. The van der Waals surface area contributed by atoms with Crippen molar-refractivity contribution in [3.05, 3.63) is 48.5 Å². The standard InChI is InChI=1S/C26H29N3O5S/c1-17(30)27-18-11-13-20(14-12-18)29-24(31)15-21(26(29)33)28(19-7-3-4-8-19)25(32)16-35-23-10-6-5-9-22(23)34-2/h5-6,9-14,19,21H,3-4,7-8,15-16H2,1-2H3,(H,27,30)/t21-/m0/s1. The molecule has 0 bridgehead atoms. The summed E-state index contributed by atoms with van der Waals surface area (Å²) in [5.74, 6) is -0.228. The molecule has 4 rings (SSSR count). The fourth-order valence-corrected chi connectivity index (χ4v) is 5.66. The molecule has 1 atom stereocenters. The summed E-state index contributed by atoms with van der Waals surface area (Å²) in [5, 5.41) is 2.67. The SMILES string of the molecule is COc1ccccc1SCC(=O)N(C1CCCC1)[C@H]1CC(=O)N(c2ccc(NC(C)=O)cc2)C1=O. The molecule has 2 fully saturated rings. The van der Waals surface area contributed by atoms with E-state index in [2.05, 4.69) is 5.32 Å². The van der Waals surface area contributed by atoms with Crippen molar-refractivity contribution < 1.29 is 23.9 Å². The van der Waals surface area contributed by atoms with Crippen molar-refractivity contribution in [1.82, 2.24) is 4.90 Å². The highest BCUT2D eigenvalue weighted by atomic mass is 32.2. The highest BCUT2D eigenvalue weighted by Gasteiger charge is 2.46. The van der Waals surface area contributed by atoms with E-state index in [1.54, 1.807) is 36.3 Å². The number of rotatable bonds is 8. The lowest BCUT2D eigenvalue weighted by molar-refractivity contribution is -0.138. The first kappa shape index (κ1) is 24.8. The summed E-state index contributed by atoms with van der Waals surface area (Å²) in [4.78, 5) is 54.8. The van der Waals surface area contributed by atoms with Gasteiger partial charge in [0.2, 0.25) is 17.7 Å². The Balaban J connectivity index is 1.53. The molecule has 8 nitrogen and oxygen atoms in total. The molecular weight excluding hydrogens is 466 g/mol. The van der Waals surface area contributed by atoms with Crippen LogP contribution in [0.15, 0.2) is 53.4 Å². The molecule has 184 valence electrons. The largest absolute Gasteiger partial charge is 0.496 e. The van der Waals surface area contributed by atoms with Crippen LogP contribution >= 0.6 is 11.8 Å². The first-order chi connectivity index (χ1) is 16.9. The van der Waals surface area contributed by atoms with Crippen molar-refractivity contribution >= 4 is 46.8 Å². The fourth-order valence-electron chi connectivity index (χ4n) is 4.77. The van der Waals surface area contributed by atoms with Gasteiger partial charge in [-0.05, 0) is 49.2 Å². The molecule has 2 aromatic carbocycles. The van der Waals surface area contributed by atoms with Gasteiger partial charge in [-0.3, -0.25) is 19.2 Å². The Morgan fingerprint density at radius 2 is 1.77 bits per heavy atom. The molecule has 1 aliphatic heterocycles. The molecule has 2 aliphatic rings. The predicted molar refractivity (Wildman–Crippen MR) is 134 cm³/mol. The van der Waals surface area contributed by atoms with Gasteiger partial charge in [0.1, 0.15) is 11.8 Å². The maximum atomic E-state index is 13.5. The van der Waals surface area contributed by atoms with Crippen molar-refractivity contribution in [2.24, 2.45) is 0 Å². The van der Waals surface area contributed by atoms with Crippen LogP contribution in [0.5, 0.6) is 5.75 Å². The van der Waals surface area contributed by atoms with E-state index in [1.807, 2.05) is 24.3 Å². The summed E-state index contributed by atoms with van der Waals surface area (Å²) in [5.41, 5.74) is 1.01. The zero-order chi connectivity index (χ0) is 24.9. The second kappa shape index (κ2) is 10.9. The second-order valence-electron chi connectivity index (χ2n) is 8.69. The Hall–Kier alpha value is -3.33. The van der Waals surface area contributed by atoms with E-state index in [0.29, 0.717) is 17.1 Å². The number of thioether (sulfide) groups is 1. The molecular formula is C26H29N3O5S. The molecule has 0 aromatic heterocycles. The number of ether oxygens (including phenoxy) is 1. The van der Waals surface area contributed by atoms with E-state index < -0.39 is 6.04 Å². The van der Waals surface area contributed by atoms with Crippen molar-refractivity contribution in [3.63, 3.8) is 0 Å². The van der Waals surface area contributed by atoms with Crippen LogP contribution in [0.2, 0.25) is 0 Å². The van der Waals surface area contributed by atoms with Gasteiger partial charge in [-0.15, -0.1) is 11.8 Å². The number of amides is 4. The number of nitrogens with zero attached hydrogens (tertiary/aromatic N) is 2. The van der Waals surface area contributed by atoms with Crippen LogP contribution in [0.1, 0.15) is 39.0 Å². The van der Waals surface area contributed by atoms with Crippen LogP contribution in [-0.4, -0.2) is 53.5 Å². The smallest absolute Gasteiger partial charge is 0.257 e. The predicted octanol–water partition coefficient (Wildman–Crippen LogP) is 3.85. The van der Waals surface area contributed by atoms with Crippen LogP contribution in [0, 0.1) is 0 Å². The Bertz CT molecular complexity index is 1110. The number of benzene rings is 2. The summed E-state index contributed by atoms with van der Waals surface area (Å²) in [7, 11) is 1.59. The fraction of sp³-hybridized carbons (Fsp3) is 0.385. The number of carbonyl (C=O) groups is 4. The number of carbonyl (C=O) groups excluding carboxylic acids is 4. The van der Waals surface area contributed by atoms with Gasteiger partial charge < -0.3 is 15.0 Å². The Labute approximate surface area is 209 Å². The minimum Gasteiger partial charge on any atom is -0.496 e. The second-order valence-corrected chi connectivity index (χ2v) is 9.71. The van der Waals surface area contributed by atoms with Crippen LogP contribution in [0.25, 0.3) is 0 Å². The lowest BCUT2D eigenvalue weighted by Gasteiger charge is -2.33. The number of anilines is 2. The first-order valence-electron chi connectivity index (χ1n) is 11.7. The molecule has 9 heteroatoms. The Morgan fingerprint density at radius 1 is 1.09 bits per heavy atom. The third kappa shape index (κ3) is 5.51. The summed E-state index contributed by atoms with van der Waals surface area (Å²) >= 11 is 1.37. The minimum absolute atomic E-state index is 0.0339. The van der Waals surface area contributed by atoms with Gasteiger partial charge in [0.25, 0.3) is 5.91 Å². The molecule has 1 saturated carbocycles. The zero-order valence-electron chi connectivity index (χ0n) is 19.9. The molecule has 0 unspecified atom stereocenters. The molecule has 1 heterocycles. The average molecular weight is 496 g/mol. The maximum absolute atomic E-state index is 13.5. The van der Waals surface area contributed by atoms with Gasteiger partial charge in [-0.2, -0.15) is 0 Å². The molecule has 35 heavy (non-hydrogen) atoms. The van der Waals surface area contributed by atoms with E-state index in [-0.39, 0.29) is 41.8 Å². The Kier molecular flexibility index (Phi) is 7.75. The number of para-hydroxylation sites is 1. The van der Waals surface area contributed by atoms with Gasteiger partial charge in [-0.25, -0.2) is 4.90 Å². The number of imide groups is 1. The Morgan fingerprint density at radius 3 is 2.43 bits per heavy atom. The zero-order valence-corrected chi connectivity index (χ0v) is 20.7. The maximum Gasteiger partial charge on any atom is 0.257 e. The number of hydrogen-bond acceptors (Lipinski definition) is 6. The quantitative estimate of drug-likeness (QED) is 0.442. The third-order valence-corrected chi connectivity index (χ3v) is 7.37. The molecule has 1 N–H and O–H groups in total. The number of hydrogen-bond donors (Lipinski definition) is 1. The molecule has 1 aliphatic carbocycles. The highest BCUT2D eigenvalue weighted by Crippen LogP contribution is 2.34. The van der Waals surface area contributed by atoms with Crippen molar-refractivity contribution in [1.29, 1.82) is 0 Å². The first-order valence-corrected chi connectivity index (χ1v) is 12.7. The summed E-state index contributed by atoms with van der Waals surface area (Å²) in [6, 6.07) is 13.2. The molecule has 4 amide bonds. The van der Waals surface area contributed by atoms with Crippen LogP contribution < -0.4 is 15.0 Å². The van der Waals surface area contributed by atoms with Gasteiger partial charge in [-0.1, -0.05) is 25.0 Å². The molecule has 0 radical (unpaired) electrons. The molecule has 1 saturated heterocycles. The lowest BCUT2D eigenvalue weighted by atomic mass is 10.1. The lowest BCUT2D eigenvalue weighted by Crippen LogP contribution is -2.50. The van der Waals surface area contributed by atoms with E-state index in [4.69, 9.17) is 4.74 Å². The normalized spacial score (nSPS) is 18.1. The highest BCUT2D eigenvalue weighted by molar-refractivity contribution is 8.00. The van der Waals surface area contributed by atoms with E-state index in [9.17, 15) is 19.2 Å². The van der Waals surface area contributed by atoms with Crippen LogP contribution in [0.4, 0.5) is 11.4 Å². The van der Waals surface area contributed by atoms with Crippen LogP contribution in [0.3, 0.4) is 0 Å². The van der Waals surface area contributed by atoms with Gasteiger partial charge >= 0.3 is 0 Å². The average Bonchev–Trinajstić information content (AvgIpc) is 3.47. The minimum atomic E-state index is -0.814. The van der Waals surface area contributed by atoms with Crippen molar-refractivity contribution in [3.8, 4) is 5.75 Å². The van der Waals surface area contributed by atoms with Gasteiger partial charge in [0.15, 0.2) is 0 Å².